The van der Waals surface area contributed by atoms with Crippen LogP contribution in [0.15, 0.2) is 0 Å². The maximum Gasteiger partial charge on any atom is 0.410 e. The van der Waals surface area contributed by atoms with Gasteiger partial charge in [-0.25, -0.2) is 4.79 Å². The van der Waals surface area contributed by atoms with Crippen LogP contribution < -0.4 is 5.32 Å². The minimum Gasteiger partial charge on any atom is -0.444 e. The molecule has 1 unspecified atom stereocenters. The van der Waals surface area contributed by atoms with Gasteiger partial charge in [-0.1, -0.05) is 0 Å². The molecule has 2 fully saturated rings. The molecule has 1 atom stereocenters. The summed E-state index contributed by atoms with van der Waals surface area (Å²) >= 11 is 4.18. The lowest BCUT2D eigenvalue weighted by Crippen LogP contribution is -2.43. The third-order valence-electron chi connectivity index (χ3n) is 3.96. The minimum atomic E-state index is -0.398. The first-order valence-corrected chi connectivity index (χ1v) is 10.5. The quantitative estimate of drug-likeness (QED) is 0.847. The maximum atomic E-state index is 12.0. The molecular weight excluding hydrogens is 316 g/mol. The Kier molecular flexibility index (Phi) is 7.22. The van der Waals surface area contributed by atoms with Gasteiger partial charge in [0.05, 0.1) is 0 Å². The molecule has 0 aromatic carbocycles. The lowest BCUT2D eigenvalue weighted by molar-refractivity contribution is 0.0184. The van der Waals surface area contributed by atoms with E-state index in [2.05, 4.69) is 28.8 Å². The molecule has 1 amide bonds. The van der Waals surface area contributed by atoms with Gasteiger partial charge in [0.25, 0.3) is 0 Å². The molecule has 0 aliphatic carbocycles. The van der Waals surface area contributed by atoms with Gasteiger partial charge in [0, 0.05) is 42.1 Å². The van der Waals surface area contributed by atoms with E-state index in [1.165, 1.54) is 17.3 Å². The van der Waals surface area contributed by atoms with Gasteiger partial charge in [-0.2, -0.15) is 23.5 Å². The molecule has 2 heterocycles. The number of carbonyl (C=O) groups is 1. The summed E-state index contributed by atoms with van der Waals surface area (Å²) < 4.78 is 5.44. The van der Waals surface area contributed by atoms with Crippen molar-refractivity contribution in [1.82, 2.24) is 10.2 Å². The third kappa shape index (κ3) is 6.59. The fourth-order valence-corrected chi connectivity index (χ4v) is 5.40. The second-order valence-electron chi connectivity index (χ2n) is 7.14. The number of hydrogen-bond donors (Lipinski definition) is 1. The van der Waals surface area contributed by atoms with Crippen LogP contribution in [-0.4, -0.2) is 65.3 Å². The number of hydrogen-bond acceptors (Lipinski definition) is 5. The van der Waals surface area contributed by atoms with Crippen LogP contribution in [0, 0.1) is 5.92 Å². The smallest absolute Gasteiger partial charge is 0.410 e. The Morgan fingerprint density at radius 3 is 2.55 bits per heavy atom. The van der Waals surface area contributed by atoms with Crippen molar-refractivity contribution in [1.29, 1.82) is 0 Å². The number of amides is 1. The summed E-state index contributed by atoms with van der Waals surface area (Å²) in [4.78, 5) is 13.9. The molecule has 1 N–H and O–H groups in total. The first-order chi connectivity index (χ1) is 10.4. The number of thioether (sulfide) groups is 2. The van der Waals surface area contributed by atoms with Gasteiger partial charge in [-0.15, -0.1) is 0 Å². The van der Waals surface area contributed by atoms with Gasteiger partial charge in [0.15, 0.2) is 0 Å². The second-order valence-corrected chi connectivity index (χ2v) is 9.69. The maximum absolute atomic E-state index is 12.0. The predicted octanol–water partition coefficient (Wildman–Crippen LogP) is 3.07. The Hall–Kier alpha value is -0.0700. The molecule has 2 aliphatic heterocycles. The highest BCUT2D eigenvalue weighted by Gasteiger charge is 2.26. The molecule has 0 spiro atoms. The van der Waals surface area contributed by atoms with Crippen molar-refractivity contribution in [3.8, 4) is 0 Å². The van der Waals surface area contributed by atoms with Crippen LogP contribution >= 0.6 is 23.5 Å². The predicted molar refractivity (Wildman–Crippen MR) is 97.0 cm³/mol. The van der Waals surface area contributed by atoms with Gasteiger partial charge >= 0.3 is 6.09 Å². The topological polar surface area (TPSA) is 41.6 Å². The number of carbonyl (C=O) groups excluding carboxylic acids is 1. The number of nitrogens with one attached hydrogen (secondary N) is 1. The minimum absolute atomic E-state index is 0.158. The summed E-state index contributed by atoms with van der Waals surface area (Å²) in [6.07, 6.45) is 2.01. The second kappa shape index (κ2) is 8.69. The highest BCUT2D eigenvalue weighted by Crippen LogP contribution is 2.24. The molecule has 22 heavy (non-hydrogen) atoms. The number of ether oxygens (including phenoxy) is 1. The fraction of sp³-hybridized carbons (Fsp3) is 0.938. The zero-order chi connectivity index (χ0) is 16.0. The molecule has 2 rings (SSSR count). The van der Waals surface area contributed by atoms with Crippen molar-refractivity contribution in [2.24, 2.45) is 5.92 Å². The number of nitrogens with zero attached hydrogens (tertiary/aromatic N) is 1. The van der Waals surface area contributed by atoms with Crippen molar-refractivity contribution < 1.29 is 9.53 Å². The zero-order valence-corrected chi connectivity index (χ0v) is 15.7. The van der Waals surface area contributed by atoms with Crippen LogP contribution in [-0.2, 0) is 4.74 Å². The Balaban J connectivity index is 1.59. The molecule has 128 valence electrons. The van der Waals surface area contributed by atoms with Crippen LogP contribution in [0.25, 0.3) is 0 Å². The molecule has 4 nitrogen and oxygen atoms in total. The normalized spacial score (nSPS) is 24.3. The summed E-state index contributed by atoms with van der Waals surface area (Å²) in [5.41, 5.74) is -0.398. The third-order valence-corrected chi connectivity index (χ3v) is 6.80. The van der Waals surface area contributed by atoms with E-state index in [1.807, 2.05) is 25.7 Å². The van der Waals surface area contributed by atoms with Crippen LogP contribution in [0.3, 0.4) is 0 Å². The van der Waals surface area contributed by atoms with Crippen molar-refractivity contribution in [2.75, 3.05) is 43.4 Å². The van der Waals surface area contributed by atoms with E-state index in [0.29, 0.717) is 5.92 Å². The van der Waals surface area contributed by atoms with Gasteiger partial charge in [0.1, 0.15) is 5.60 Å². The Labute approximate surface area is 143 Å². The molecule has 2 aliphatic rings. The van der Waals surface area contributed by atoms with Crippen molar-refractivity contribution in [2.45, 2.75) is 44.5 Å². The highest BCUT2D eigenvalue weighted by molar-refractivity contribution is 8.06. The summed E-state index contributed by atoms with van der Waals surface area (Å²) in [7, 11) is 0. The van der Waals surface area contributed by atoms with E-state index in [-0.39, 0.29) is 6.09 Å². The van der Waals surface area contributed by atoms with E-state index in [1.54, 1.807) is 0 Å². The van der Waals surface area contributed by atoms with E-state index in [4.69, 9.17) is 4.74 Å². The molecule has 0 radical (unpaired) electrons. The average Bonchev–Trinajstić information content (AvgIpc) is 2.47. The Bertz CT molecular complexity index is 347. The van der Waals surface area contributed by atoms with E-state index in [0.717, 1.165) is 44.3 Å². The number of piperidine rings is 1. The summed E-state index contributed by atoms with van der Waals surface area (Å²) in [5.74, 6) is 4.59. The van der Waals surface area contributed by atoms with Gasteiger partial charge < -0.3 is 15.0 Å². The van der Waals surface area contributed by atoms with Crippen LogP contribution in [0.4, 0.5) is 4.79 Å². The molecule has 0 saturated carbocycles. The van der Waals surface area contributed by atoms with Crippen molar-refractivity contribution in [3.05, 3.63) is 0 Å². The molecule has 0 aromatic heterocycles. The summed E-state index contributed by atoms with van der Waals surface area (Å²) in [6, 6.07) is 0. The zero-order valence-electron chi connectivity index (χ0n) is 14.1. The van der Waals surface area contributed by atoms with Crippen molar-refractivity contribution in [3.63, 3.8) is 0 Å². The Morgan fingerprint density at radius 2 is 1.95 bits per heavy atom. The summed E-state index contributed by atoms with van der Waals surface area (Å²) in [6.45, 7) is 9.63. The lowest BCUT2D eigenvalue weighted by atomic mass is 9.97. The standard InChI is InChI=1S/C16H30N2O2S2/c1-16(2,3)20-15(19)18-6-4-13(5-7-18)10-17-11-14-12-21-8-9-22-14/h13-14,17H,4-12H2,1-3H3. The molecular formula is C16H30N2O2S2. The average molecular weight is 347 g/mol. The van der Waals surface area contributed by atoms with E-state index >= 15 is 0 Å². The lowest BCUT2D eigenvalue weighted by Gasteiger charge is -2.33. The van der Waals surface area contributed by atoms with E-state index < -0.39 is 5.60 Å². The number of likely N-dealkylation sites (tertiary alicyclic amines) is 1. The summed E-state index contributed by atoms with van der Waals surface area (Å²) in [5, 5.41) is 4.42. The van der Waals surface area contributed by atoms with Gasteiger partial charge in [-0.05, 0) is 46.1 Å². The molecule has 0 aromatic rings. The van der Waals surface area contributed by atoms with Crippen LogP contribution in [0.1, 0.15) is 33.6 Å². The van der Waals surface area contributed by atoms with Gasteiger partial charge in [-0.3, -0.25) is 0 Å². The highest BCUT2D eigenvalue weighted by atomic mass is 32.2. The van der Waals surface area contributed by atoms with Gasteiger partial charge in [0.2, 0.25) is 0 Å². The molecule has 0 bridgehead atoms. The first-order valence-electron chi connectivity index (χ1n) is 8.32. The monoisotopic (exact) mass is 346 g/mol. The van der Waals surface area contributed by atoms with Crippen LogP contribution in [0.5, 0.6) is 0 Å². The van der Waals surface area contributed by atoms with E-state index in [9.17, 15) is 4.79 Å². The largest absolute Gasteiger partial charge is 0.444 e. The fourth-order valence-electron chi connectivity index (χ4n) is 2.75. The first kappa shape index (κ1) is 18.3. The Morgan fingerprint density at radius 1 is 1.23 bits per heavy atom. The van der Waals surface area contributed by atoms with Crippen LogP contribution in [0.2, 0.25) is 0 Å². The van der Waals surface area contributed by atoms with Crippen molar-refractivity contribution >= 4 is 29.6 Å². The SMILES string of the molecule is CC(C)(C)OC(=O)N1CCC(CNCC2CSCCS2)CC1. The molecule has 2 saturated heterocycles. The number of rotatable bonds is 4. The molecule has 6 heteroatoms.